The maximum Gasteiger partial charge on any atom is 0.266 e. The van der Waals surface area contributed by atoms with E-state index in [4.69, 9.17) is 16.6 Å². The highest BCUT2D eigenvalue weighted by Crippen LogP contribution is 2.36. The van der Waals surface area contributed by atoms with Crippen molar-refractivity contribution in [1.82, 2.24) is 9.97 Å². The van der Waals surface area contributed by atoms with Gasteiger partial charge in [-0.15, -0.1) is 11.3 Å². The zero-order valence-corrected chi connectivity index (χ0v) is 17.7. The molecule has 0 radical (unpaired) electrons. The molecule has 0 atom stereocenters. The van der Waals surface area contributed by atoms with Crippen LogP contribution in [0.3, 0.4) is 0 Å². The summed E-state index contributed by atoms with van der Waals surface area (Å²) in [7, 11) is 2.21. The van der Waals surface area contributed by atoms with Gasteiger partial charge in [0, 0.05) is 10.7 Å². The van der Waals surface area contributed by atoms with Gasteiger partial charge in [-0.1, -0.05) is 17.7 Å². The van der Waals surface area contributed by atoms with E-state index in [1.165, 1.54) is 16.2 Å². The maximum atomic E-state index is 12.9. The number of piperazine rings is 1. The van der Waals surface area contributed by atoms with Crippen LogP contribution in [0.15, 0.2) is 24.3 Å². The van der Waals surface area contributed by atoms with Gasteiger partial charge in [0.2, 0.25) is 0 Å². The van der Waals surface area contributed by atoms with Crippen molar-refractivity contribution in [3.8, 4) is 0 Å². The van der Waals surface area contributed by atoms with Gasteiger partial charge < -0.3 is 15.1 Å². The Kier molecular flexibility index (Phi) is 5.23. The van der Waals surface area contributed by atoms with E-state index in [2.05, 4.69) is 22.2 Å². The minimum absolute atomic E-state index is 0.144. The first-order chi connectivity index (χ1) is 13.4. The first-order valence-electron chi connectivity index (χ1n) is 9.33. The molecule has 1 saturated heterocycles. The molecule has 1 aliphatic heterocycles. The van der Waals surface area contributed by atoms with E-state index in [1.54, 1.807) is 12.1 Å². The standard InChI is InChI=1S/C20H22ClN5OS/c1-12-16-18(26-9-7-25(3)8-10-26)22-13(2)23-20(16)28-17(12)19(27)24-15-6-4-5-14(21)11-15/h4-6,11H,7-10H2,1-3H3,(H,24,27)/p+1. The molecule has 0 aliphatic carbocycles. The van der Waals surface area contributed by atoms with Gasteiger partial charge in [-0.2, -0.15) is 0 Å². The molecule has 8 heteroatoms. The number of amides is 1. The van der Waals surface area contributed by atoms with Crippen molar-refractivity contribution in [3.05, 3.63) is 45.6 Å². The predicted molar refractivity (Wildman–Crippen MR) is 115 cm³/mol. The average Bonchev–Trinajstić information content (AvgIpc) is 2.98. The SMILES string of the molecule is Cc1nc(N2CC[NH+](C)CC2)c2c(C)c(C(=O)Nc3cccc(Cl)c3)sc2n1. The number of likely N-dealkylation sites (N-methyl/N-ethyl adjacent to an activating group) is 1. The minimum atomic E-state index is -0.144. The number of quaternary nitrogens is 1. The number of carbonyl (C=O) groups excluding carboxylic acids is 1. The van der Waals surface area contributed by atoms with Crippen molar-refractivity contribution in [2.75, 3.05) is 43.4 Å². The minimum Gasteiger partial charge on any atom is -0.345 e. The summed E-state index contributed by atoms with van der Waals surface area (Å²) in [5.41, 5.74) is 1.61. The van der Waals surface area contributed by atoms with Crippen LogP contribution in [0.25, 0.3) is 10.2 Å². The molecular weight excluding hydrogens is 394 g/mol. The Morgan fingerprint density at radius 2 is 2.00 bits per heavy atom. The fraction of sp³-hybridized carbons (Fsp3) is 0.350. The lowest BCUT2D eigenvalue weighted by Crippen LogP contribution is -3.12. The quantitative estimate of drug-likeness (QED) is 0.688. The number of aryl methyl sites for hydroxylation is 2. The van der Waals surface area contributed by atoms with Crippen molar-refractivity contribution in [3.63, 3.8) is 0 Å². The Morgan fingerprint density at radius 1 is 1.25 bits per heavy atom. The third kappa shape index (κ3) is 3.70. The summed E-state index contributed by atoms with van der Waals surface area (Å²) in [4.78, 5) is 27.6. The highest BCUT2D eigenvalue weighted by molar-refractivity contribution is 7.20. The van der Waals surface area contributed by atoms with E-state index in [1.807, 2.05) is 26.0 Å². The second-order valence-electron chi connectivity index (χ2n) is 7.24. The second kappa shape index (κ2) is 7.66. The van der Waals surface area contributed by atoms with Gasteiger partial charge in [-0.05, 0) is 37.6 Å². The van der Waals surface area contributed by atoms with Crippen LogP contribution in [0.4, 0.5) is 11.5 Å². The average molecular weight is 417 g/mol. The molecular formula is C20H23ClN5OS+. The van der Waals surface area contributed by atoms with Gasteiger partial charge in [-0.3, -0.25) is 4.79 Å². The molecule has 6 nitrogen and oxygen atoms in total. The number of thiophene rings is 1. The topological polar surface area (TPSA) is 62.6 Å². The lowest BCUT2D eigenvalue weighted by Gasteiger charge is -2.31. The van der Waals surface area contributed by atoms with Crippen molar-refractivity contribution < 1.29 is 9.69 Å². The van der Waals surface area contributed by atoms with E-state index in [0.717, 1.165) is 53.6 Å². The van der Waals surface area contributed by atoms with Gasteiger partial charge in [0.25, 0.3) is 5.91 Å². The third-order valence-corrected chi connectivity index (χ3v) is 6.51. The number of benzene rings is 1. The van der Waals surface area contributed by atoms with Gasteiger partial charge in [0.15, 0.2) is 0 Å². The number of fused-ring (bicyclic) bond motifs is 1. The molecule has 3 heterocycles. The monoisotopic (exact) mass is 416 g/mol. The van der Waals surface area contributed by atoms with Gasteiger partial charge in [-0.25, -0.2) is 9.97 Å². The molecule has 28 heavy (non-hydrogen) atoms. The van der Waals surface area contributed by atoms with Crippen LogP contribution < -0.4 is 15.1 Å². The van der Waals surface area contributed by atoms with Crippen LogP contribution in [0, 0.1) is 13.8 Å². The van der Waals surface area contributed by atoms with Crippen molar-refractivity contribution in [2.45, 2.75) is 13.8 Å². The highest BCUT2D eigenvalue weighted by atomic mass is 35.5. The number of aromatic nitrogens is 2. The Labute approximate surface area is 173 Å². The first-order valence-corrected chi connectivity index (χ1v) is 10.5. The van der Waals surface area contributed by atoms with Crippen LogP contribution in [0.1, 0.15) is 21.1 Å². The Balaban J connectivity index is 1.72. The Hall–Kier alpha value is -2.22. The summed E-state index contributed by atoms with van der Waals surface area (Å²) in [6.45, 7) is 7.96. The molecule has 2 N–H and O–H groups in total. The summed E-state index contributed by atoms with van der Waals surface area (Å²) in [6.07, 6.45) is 0. The molecule has 1 fully saturated rings. The number of halogens is 1. The lowest BCUT2D eigenvalue weighted by molar-refractivity contribution is -0.880. The molecule has 146 valence electrons. The fourth-order valence-electron chi connectivity index (χ4n) is 3.52. The summed E-state index contributed by atoms with van der Waals surface area (Å²) < 4.78 is 0. The Morgan fingerprint density at radius 3 is 2.71 bits per heavy atom. The van der Waals surface area contributed by atoms with Crippen LogP contribution in [-0.2, 0) is 0 Å². The van der Waals surface area contributed by atoms with E-state index >= 15 is 0 Å². The first kappa shape index (κ1) is 19.1. The molecule has 3 aromatic rings. The van der Waals surface area contributed by atoms with Crippen LogP contribution >= 0.6 is 22.9 Å². The van der Waals surface area contributed by atoms with Crippen molar-refractivity contribution in [2.24, 2.45) is 0 Å². The molecule has 1 aromatic carbocycles. The van der Waals surface area contributed by atoms with Crippen molar-refractivity contribution >= 4 is 50.6 Å². The number of anilines is 2. The van der Waals surface area contributed by atoms with E-state index < -0.39 is 0 Å². The smallest absolute Gasteiger partial charge is 0.266 e. The normalized spacial score (nSPS) is 15.2. The highest BCUT2D eigenvalue weighted by Gasteiger charge is 2.25. The largest absolute Gasteiger partial charge is 0.345 e. The zero-order valence-electron chi connectivity index (χ0n) is 16.2. The number of nitrogens with one attached hydrogen (secondary N) is 2. The molecule has 0 bridgehead atoms. The van der Waals surface area contributed by atoms with E-state index in [-0.39, 0.29) is 5.91 Å². The summed E-state index contributed by atoms with van der Waals surface area (Å²) in [5.74, 6) is 1.54. The van der Waals surface area contributed by atoms with Crippen LogP contribution in [0.2, 0.25) is 5.02 Å². The molecule has 1 amide bonds. The van der Waals surface area contributed by atoms with Crippen LogP contribution in [-0.4, -0.2) is 49.1 Å². The molecule has 1 aliphatic rings. The molecule has 0 unspecified atom stereocenters. The predicted octanol–water partition coefficient (Wildman–Crippen LogP) is 2.55. The summed E-state index contributed by atoms with van der Waals surface area (Å²) >= 11 is 7.45. The number of rotatable bonds is 3. The third-order valence-electron chi connectivity index (χ3n) is 5.09. The van der Waals surface area contributed by atoms with E-state index in [9.17, 15) is 4.79 Å². The summed E-state index contributed by atoms with van der Waals surface area (Å²) in [6, 6.07) is 7.17. The molecule has 2 aromatic heterocycles. The van der Waals surface area contributed by atoms with Crippen molar-refractivity contribution in [1.29, 1.82) is 0 Å². The fourth-order valence-corrected chi connectivity index (χ4v) is 4.83. The number of nitrogens with zero attached hydrogens (tertiary/aromatic N) is 3. The van der Waals surface area contributed by atoms with Gasteiger partial charge in [0.1, 0.15) is 16.5 Å². The van der Waals surface area contributed by atoms with Gasteiger partial charge in [0.05, 0.1) is 43.5 Å². The summed E-state index contributed by atoms with van der Waals surface area (Å²) in [5, 5.41) is 4.52. The van der Waals surface area contributed by atoms with E-state index in [0.29, 0.717) is 15.6 Å². The van der Waals surface area contributed by atoms with Gasteiger partial charge >= 0.3 is 0 Å². The molecule has 4 rings (SSSR count). The Bertz CT molecular complexity index is 1040. The van der Waals surface area contributed by atoms with Crippen LogP contribution in [0.5, 0.6) is 0 Å². The second-order valence-corrected chi connectivity index (χ2v) is 8.67. The maximum absolute atomic E-state index is 12.9. The lowest BCUT2D eigenvalue weighted by atomic mass is 10.1. The number of hydrogen-bond acceptors (Lipinski definition) is 5. The number of hydrogen-bond donors (Lipinski definition) is 2. The molecule has 0 saturated carbocycles. The zero-order chi connectivity index (χ0) is 19.8. The molecule has 0 spiro atoms. The number of carbonyl (C=O) groups is 1.